The van der Waals surface area contributed by atoms with Crippen molar-refractivity contribution < 1.29 is 19.4 Å². The lowest BCUT2D eigenvalue weighted by molar-refractivity contribution is 0.0692. The van der Waals surface area contributed by atoms with Crippen LogP contribution in [-0.2, 0) is 13.6 Å². The Morgan fingerprint density at radius 3 is 2.74 bits per heavy atom. The van der Waals surface area contributed by atoms with Crippen LogP contribution >= 0.6 is 0 Å². The molecular weight excluding hydrogens is 446 g/mol. The highest BCUT2D eigenvalue weighted by Gasteiger charge is 2.26. The summed E-state index contributed by atoms with van der Waals surface area (Å²) in [4.78, 5) is 30.9. The highest BCUT2D eigenvalue weighted by Crippen LogP contribution is 2.32. The summed E-state index contributed by atoms with van der Waals surface area (Å²) < 4.78 is 9.68. The van der Waals surface area contributed by atoms with Crippen molar-refractivity contribution >= 4 is 33.9 Å². The molecule has 0 spiro atoms. The van der Waals surface area contributed by atoms with Gasteiger partial charge in [0, 0.05) is 49.7 Å². The summed E-state index contributed by atoms with van der Waals surface area (Å²) in [7, 11) is 3.65. The number of ether oxygens (including phenoxy) is 1. The molecule has 35 heavy (non-hydrogen) atoms. The molecule has 2 aromatic heterocycles. The van der Waals surface area contributed by atoms with E-state index in [9.17, 15) is 9.59 Å². The van der Waals surface area contributed by atoms with Crippen LogP contribution in [0.15, 0.2) is 42.5 Å². The molecule has 0 aliphatic carbocycles. The lowest BCUT2D eigenvalue weighted by Gasteiger charge is -2.32. The van der Waals surface area contributed by atoms with Crippen LogP contribution in [0.25, 0.3) is 33.5 Å². The highest BCUT2D eigenvalue weighted by atomic mass is 16.5. The monoisotopic (exact) mass is 475 g/mol. The van der Waals surface area contributed by atoms with Crippen molar-refractivity contribution in [3.63, 3.8) is 0 Å². The number of rotatable bonds is 5. The molecule has 0 bridgehead atoms. The van der Waals surface area contributed by atoms with Crippen LogP contribution in [0.3, 0.4) is 0 Å². The van der Waals surface area contributed by atoms with Gasteiger partial charge in [-0.05, 0) is 56.2 Å². The number of imidazole rings is 1. The molecule has 1 saturated heterocycles. The molecule has 1 aliphatic heterocycles. The number of aromatic nitrogens is 3. The molecule has 9 nitrogen and oxygen atoms in total. The third-order valence-electron chi connectivity index (χ3n) is 6.82. The smallest absolute Gasteiger partial charge is 0.404 e. The molecule has 1 unspecified atom stereocenters. The number of carboxylic acid groups (broad SMARTS) is 1. The highest BCUT2D eigenvalue weighted by molar-refractivity contribution is 5.98. The van der Waals surface area contributed by atoms with Crippen LogP contribution in [0.4, 0.5) is 4.79 Å². The summed E-state index contributed by atoms with van der Waals surface area (Å²) in [6, 6.07) is 13.5. The molecule has 1 atom stereocenters. The van der Waals surface area contributed by atoms with E-state index in [1.807, 2.05) is 43.4 Å². The van der Waals surface area contributed by atoms with Gasteiger partial charge in [-0.3, -0.25) is 4.79 Å². The summed E-state index contributed by atoms with van der Waals surface area (Å²) in [6.07, 6.45) is 0.435. The number of nitrogens with one attached hydrogen (secondary N) is 1. The second-order valence-corrected chi connectivity index (χ2v) is 8.94. The average Bonchev–Trinajstić information content (AvgIpc) is 3.39. The van der Waals surface area contributed by atoms with Crippen LogP contribution in [0.5, 0.6) is 5.75 Å². The lowest BCUT2D eigenvalue weighted by Crippen LogP contribution is -2.49. The Kier molecular flexibility index (Phi) is 5.84. The van der Waals surface area contributed by atoms with Crippen molar-refractivity contribution in [2.24, 2.45) is 7.05 Å². The third kappa shape index (κ3) is 4.07. The number of likely N-dealkylation sites (tertiary alicyclic amines) is 1. The predicted octanol–water partition coefficient (Wildman–Crippen LogP) is 4.10. The zero-order valence-corrected chi connectivity index (χ0v) is 20.1. The Hall–Kier alpha value is -4.01. The number of hydrogen-bond donors (Lipinski definition) is 2. The van der Waals surface area contributed by atoms with Gasteiger partial charge in [0.25, 0.3) is 5.91 Å². The van der Waals surface area contributed by atoms with Crippen LogP contribution in [0, 0.1) is 0 Å². The van der Waals surface area contributed by atoms with Crippen molar-refractivity contribution in [1.82, 2.24) is 24.3 Å². The Morgan fingerprint density at radius 1 is 1.17 bits per heavy atom. The van der Waals surface area contributed by atoms with Crippen LogP contribution in [0.1, 0.15) is 30.1 Å². The van der Waals surface area contributed by atoms with Crippen molar-refractivity contribution in [3.8, 4) is 17.3 Å². The standard InChI is InChI=1S/C26H29N5O4/c1-4-31-22-14-19(35-3)9-7-16(22)13-23(31)24-28-20-12-17(8-10-21(20)29(24)2)25(32)30-11-5-6-18(15-30)27-26(33)34/h7-10,12-14,18,27H,4-6,11,15H2,1-3H3,(H,33,34). The van der Waals surface area contributed by atoms with Gasteiger partial charge in [-0.1, -0.05) is 0 Å². The number of fused-ring (bicyclic) bond motifs is 2. The topological polar surface area (TPSA) is 102 Å². The summed E-state index contributed by atoms with van der Waals surface area (Å²) in [6.45, 7) is 3.87. The van der Waals surface area contributed by atoms with Gasteiger partial charge in [0.2, 0.25) is 0 Å². The van der Waals surface area contributed by atoms with Gasteiger partial charge in [-0.2, -0.15) is 0 Å². The van der Waals surface area contributed by atoms with Crippen molar-refractivity contribution in [3.05, 3.63) is 48.0 Å². The maximum atomic E-state index is 13.2. The second kappa shape index (κ2) is 8.98. The molecule has 0 saturated carbocycles. The normalized spacial score (nSPS) is 16.1. The van der Waals surface area contributed by atoms with Gasteiger partial charge >= 0.3 is 6.09 Å². The molecule has 1 fully saturated rings. The van der Waals surface area contributed by atoms with Gasteiger partial charge in [-0.25, -0.2) is 9.78 Å². The fraction of sp³-hybridized carbons (Fsp3) is 0.346. The summed E-state index contributed by atoms with van der Waals surface area (Å²) in [5.41, 5.74) is 4.32. The fourth-order valence-electron chi connectivity index (χ4n) is 5.09. The van der Waals surface area contributed by atoms with Gasteiger partial charge in [0.1, 0.15) is 5.75 Å². The lowest BCUT2D eigenvalue weighted by atomic mass is 10.0. The largest absolute Gasteiger partial charge is 0.497 e. The first-order valence-electron chi connectivity index (χ1n) is 11.8. The number of hydrogen-bond acceptors (Lipinski definition) is 4. The summed E-state index contributed by atoms with van der Waals surface area (Å²) in [5.74, 6) is 1.53. The fourth-order valence-corrected chi connectivity index (χ4v) is 5.09. The molecule has 4 aromatic rings. The summed E-state index contributed by atoms with van der Waals surface area (Å²) >= 11 is 0. The first-order chi connectivity index (χ1) is 16.9. The van der Waals surface area contributed by atoms with Gasteiger partial charge in [0.15, 0.2) is 5.82 Å². The Morgan fingerprint density at radius 2 is 2.00 bits per heavy atom. The average molecular weight is 476 g/mol. The number of carbonyl (C=O) groups excluding carboxylic acids is 1. The Balaban J connectivity index is 1.50. The van der Waals surface area contributed by atoms with E-state index in [4.69, 9.17) is 14.8 Å². The van der Waals surface area contributed by atoms with E-state index in [2.05, 4.69) is 27.4 Å². The quantitative estimate of drug-likeness (QED) is 0.453. The molecule has 2 amide bonds. The zero-order chi connectivity index (χ0) is 24.7. The van der Waals surface area contributed by atoms with Crippen LogP contribution < -0.4 is 10.1 Å². The SMILES string of the molecule is CCn1c(-c2nc3cc(C(=O)N4CCCC(NC(=O)O)C4)ccc3n2C)cc2ccc(OC)cc21. The molecule has 2 N–H and O–H groups in total. The Bertz CT molecular complexity index is 1440. The van der Waals surface area contributed by atoms with Crippen molar-refractivity contribution in [1.29, 1.82) is 0 Å². The van der Waals surface area contributed by atoms with Crippen molar-refractivity contribution in [2.75, 3.05) is 20.2 Å². The first-order valence-corrected chi connectivity index (χ1v) is 11.8. The molecule has 3 heterocycles. The van der Waals surface area contributed by atoms with Crippen LogP contribution in [0.2, 0.25) is 0 Å². The molecule has 5 rings (SSSR count). The molecule has 2 aromatic carbocycles. The predicted molar refractivity (Wildman–Crippen MR) is 134 cm³/mol. The molecule has 182 valence electrons. The van der Waals surface area contributed by atoms with E-state index >= 15 is 0 Å². The second-order valence-electron chi connectivity index (χ2n) is 8.94. The van der Waals surface area contributed by atoms with Crippen LogP contribution in [-0.4, -0.2) is 62.4 Å². The number of benzene rings is 2. The maximum Gasteiger partial charge on any atom is 0.404 e. The number of piperidine rings is 1. The minimum Gasteiger partial charge on any atom is -0.497 e. The number of carbonyl (C=O) groups is 2. The molecule has 1 aliphatic rings. The number of amides is 2. The third-order valence-corrected chi connectivity index (χ3v) is 6.82. The minimum absolute atomic E-state index is 0.106. The first kappa shape index (κ1) is 22.8. The van der Waals surface area contributed by atoms with Gasteiger partial charge < -0.3 is 29.2 Å². The van der Waals surface area contributed by atoms with E-state index in [1.165, 1.54) is 0 Å². The zero-order valence-electron chi connectivity index (χ0n) is 20.1. The number of aryl methyl sites for hydroxylation is 2. The summed E-state index contributed by atoms with van der Waals surface area (Å²) in [5, 5.41) is 12.6. The van der Waals surface area contributed by atoms with Gasteiger partial charge in [0.05, 0.1) is 29.4 Å². The van der Waals surface area contributed by atoms with E-state index in [0.717, 1.165) is 58.6 Å². The van der Waals surface area contributed by atoms with E-state index in [1.54, 1.807) is 12.0 Å². The maximum absolute atomic E-state index is 13.2. The van der Waals surface area contributed by atoms with E-state index < -0.39 is 6.09 Å². The Labute approximate surface area is 202 Å². The minimum atomic E-state index is -1.06. The van der Waals surface area contributed by atoms with E-state index in [-0.39, 0.29) is 11.9 Å². The number of methoxy groups -OCH3 is 1. The van der Waals surface area contributed by atoms with Gasteiger partial charge in [-0.15, -0.1) is 0 Å². The molecule has 0 radical (unpaired) electrons. The van der Waals surface area contributed by atoms with Crippen molar-refractivity contribution in [2.45, 2.75) is 32.4 Å². The van der Waals surface area contributed by atoms with E-state index in [0.29, 0.717) is 18.7 Å². The number of nitrogens with zero attached hydrogens (tertiary/aromatic N) is 4. The molecular formula is C26H29N5O4. The molecule has 9 heteroatoms.